The highest BCUT2D eigenvalue weighted by molar-refractivity contribution is 5.91. The maximum Gasteiger partial charge on any atom is 0.289 e. The van der Waals surface area contributed by atoms with Crippen molar-refractivity contribution in [3.63, 3.8) is 0 Å². The zero-order valence-corrected chi connectivity index (χ0v) is 15.7. The first-order chi connectivity index (χ1) is 13.7. The van der Waals surface area contributed by atoms with Crippen LogP contribution in [0.1, 0.15) is 34.4 Å². The molecule has 3 aromatic rings. The number of amides is 1. The fraction of sp³-hybridized carbons (Fsp3) is 0.400. The molecule has 0 spiro atoms. The maximum absolute atomic E-state index is 12.7. The molecule has 0 radical (unpaired) electrons. The monoisotopic (exact) mass is 378 g/mol. The molecule has 0 bridgehead atoms. The predicted octanol–water partition coefficient (Wildman–Crippen LogP) is 1.38. The lowest BCUT2D eigenvalue weighted by atomic mass is 10.1. The van der Waals surface area contributed by atoms with Crippen molar-refractivity contribution in [1.82, 2.24) is 29.8 Å². The van der Waals surface area contributed by atoms with Crippen molar-refractivity contribution in [1.29, 1.82) is 0 Å². The summed E-state index contributed by atoms with van der Waals surface area (Å²) in [6, 6.07) is 12.5. The summed E-state index contributed by atoms with van der Waals surface area (Å²) in [6.07, 6.45) is 2.74. The predicted molar refractivity (Wildman–Crippen MR) is 102 cm³/mol. The number of nitrogens with one attached hydrogen (secondary N) is 1. The summed E-state index contributed by atoms with van der Waals surface area (Å²) >= 11 is 0. The van der Waals surface area contributed by atoms with Crippen LogP contribution >= 0.6 is 0 Å². The van der Waals surface area contributed by atoms with Crippen molar-refractivity contribution in [2.24, 2.45) is 0 Å². The third kappa shape index (κ3) is 3.14. The van der Waals surface area contributed by atoms with Crippen LogP contribution < -0.4 is 5.32 Å². The van der Waals surface area contributed by atoms with Crippen LogP contribution in [-0.4, -0.2) is 62.2 Å². The highest BCUT2D eigenvalue weighted by Gasteiger charge is 2.38. The Labute approximate surface area is 162 Å². The van der Waals surface area contributed by atoms with Gasteiger partial charge in [0.05, 0.1) is 12.7 Å². The molecule has 2 saturated heterocycles. The number of carbonyl (C=O) groups is 1. The average molecular weight is 378 g/mol. The Balaban J connectivity index is 1.25. The van der Waals surface area contributed by atoms with E-state index >= 15 is 0 Å². The molecular weight excluding hydrogens is 356 g/mol. The lowest BCUT2D eigenvalue weighted by Crippen LogP contribution is -2.43. The Bertz CT molecular complexity index is 1000. The van der Waals surface area contributed by atoms with Crippen LogP contribution in [0.3, 0.4) is 0 Å². The average Bonchev–Trinajstić information content (AvgIpc) is 3.30. The topological polar surface area (TPSA) is 84.6 Å². The molecule has 2 aromatic heterocycles. The minimum absolute atomic E-state index is 0.0707. The molecule has 2 aliphatic rings. The number of carbonyl (C=O) groups excluding carboxylic acids is 1. The first-order valence-corrected chi connectivity index (χ1v) is 9.57. The third-order valence-corrected chi connectivity index (χ3v) is 5.55. The minimum atomic E-state index is -0.219. The van der Waals surface area contributed by atoms with Crippen LogP contribution in [0.4, 0.5) is 0 Å². The molecule has 5 rings (SSSR count). The van der Waals surface area contributed by atoms with Crippen molar-refractivity contribution in [3.8, 4) is 0 Å². The molecule has 0 aliphatic carbocycles. The molecular formula is C20H22N6O2. The van der Waals surface area contributed by atoms with E-state index < -0.39 is 0 Å². The van der Waals surface area contributed by atoms with Gasteiger partial charge in [0, 0.05) is 37.1 Å². The summed E-state index contributed by atoms with van der Waals surface area (Å²) in [7, 11) is 0. The molecule has 1 N–H and O–H groups in total. The minimum Gasteiger partial charge on any atom is -0.371 e. The van der Waals surface area contributed by atoms with E-state index in [9.17, 15) is 4.79 Å². The van der Waals surface area contributed by atoms with E-state index in [0.29, 0.717) is 18.4 Å². The third-order valence-electron chi connectivity index (χ3n) is 5.55. The van der Waals surface area contributed by atoms with Crippen LogP contribution in [-0.2, 0) is 4.74 Å². The van der Waals surface area contributed by atoms with E-state index in [1.165, 1.54) is 5.56 Å². The van der Waals surface area contributed by atoms with Gasteiger partial charge in [-0.25, -0.2) is 4.98 Å². The first kappa shape index (κ1) is 17.3. The van der Waals surface area contributed by atoms with Gasteiger partial charge in [-0.15, -0.1) is 10.2 Å². The number of nitrogens with zero attached hydrogens (tertiary/aromatic N) is 5. The van der Waals surface area contributed by atoms with Crippen LogP contribution in [0.2, 0.25) is 0 Å². The lowest BCUT2D eigenvalue weighted by molar-refractivity contribution is -0.0502. The quantitative estimate of drug-likeness (QED) is 0.741. The van der Waals surface area contributed by atoms with Crippen molar-refractivity contribution in [2.45, 2.75) is 31.5 Å². The van der Waals surface area contributed by atoms with Gasteiger partial charge in [-0.3, -0.25) is 14.1 Å². The van der Waals surface area contributed by atoms with E-state index in [1.807, 2.05) is 31.2 Å². The summed E-state index contributed by atoms with van der Waals surface area (Å²) in [5, 5.41) is 11.1. The van der Waals surface area contributed by atoms with Gasteiger partial charge < -0.3 is 10.1 Å². The highest BCUT2D eigenvalue weighted by atomic mass is 16.5. The molecule has 4 heterocycles. The standard InChI is InChI=1S/C20H22N6O2/c1-13-7-8-26-18(23-24-20(26)21-13)19(27)22-15-9-16-12-28-17(11-25(16)10-15)14-5-3-2-4-6-14/h2-8,15-17H,9-12H2,1H3,(H,22,27)/t15-,16-,17+/m0/s1. The molecule has 8 nitrogen and oxygen atoms in total. The van der Waals surface area contributed by atoms with E-state index in [0.717, 1.165) is 25.2 Å². The van der Waals surface area contributed by atoms with E-state index in [4.69, 9.17) is 4.74 Å². The molecule has 144 valence electrons. The summed E-state index contributed by atoms with van der Waals surface area (Å²) < 4.78 is 7.71. The van der Waals surface area contributed by atoms with Gasteiger partial charge in [-0.1, -0.05) is 30.3 Å². The number of hydrogen-bond donors (Lipinski definition) is 1. The largest absolute Gasteiger partial charge is 0.371 e. The molecule has 0 unspecified atom stereocenters. The number of aromatic nitrogens is 4. The zero-order valence-electron chi connectivity index (χ0n) is 15.7. The number of morpholine rings is 1. The Morgan fingerprint density at radius 2 is 2.04 bits per heavy atom. The number of rotatable bonds is 3. The van der Waals surface area contributed by atoms with Gasteiger partial charge in [-0.2, -0.15) is 0 Å². The number of hydrogen-bond acceptors (Lipinski definition) is 6. The van der Waals surface area contributed by atoms with Gasteiger partial charge in [0.1, 0.15) is 0 Å². The Morgan fingerprint density at radius 1 is 1.18 bits per heavy atom. The van der Waals surface area contributed by atoms with Crippen LogP contribution in [0, 0.1) is 6.92 Å². The summed E-state index contributed by atoms with van der Waals surface area (Å²) in [5.74, 6) is 0.488. The normalized spacial score (nSPS) is 25.0. The van der Waals surface area contributed by atoms with Gasteiger partial charge in [0.2, 0.25) is 5.82 Å². The van der Waals surface area contributed by atoms with Crippen molar-refractivity contribution < 1.29 is 9.53 Å². The van der Waals surface area contributed by atoms with Crippen molar-refractivity contribution >= 4 is 11.7 Å². The van der Waals surface area contributed by atoms with Gasteiger partial charge in [0.25, 0.3) is 11.7 Å². The SMILES string of the molecule is Cc1ccn2c(C(=O)N[C@H]3C[C@H]4CO[C@@H](c5ccccc5)CN4C3)nnc2n1. The van der Waals surface area contributed by atoms with Crippen LogP contribution in [0.25, 0.3) is 5.78 Å². The van der Waals surface area contributed by atoms with E-state index in [2.05, 4.69) is 37.5 Å². The number of aryl methyl sites for hydroxylation is 1. The number of benzene rings is 1. The molecule has 2 aliphatic heterocycles. The highest BCUT2D eigenvalue weighted by Crippen LogP contribution is 2.30. The molecule has 8 heteroatoms. The van der Waals surface area contributed by atoms with Gasteiger partial charge in [0.15, 0.2) is 0 Å². The van der Waals surface area contributed by atoms with E-state index in [1.54, 1.807) is 10.6 Å². The summed E-state index contributed by atoms with van der Waals surface area (Å²) in [4.78, 5) is 19.4. The van der Waals surface area contributed by atoms with Crippen LogP contribution in [0.5, 0.6) is 0 Å². The molecule has 1 aromatic carbocycles. The second-order valence-corrected chi connectivity index (χ2v) is 7.51. The van der Waals surface area contributed by atoms with Gasteiger partial charge >= 0.3 is 0 Å². The fourth-order valence-corrected chi connectivity index (χ4v) is 4.13. The summed E-state index contributed by atoms with van der Waals surface area (Å²) in [6.45, 7) is 4.23. The second-order valence-electron chi connectivity index (χ2n) is 7.51. The number of ether oxygens (including phenoxy) is 1. The first-order valence-electron chi connectivity index (χ1n) is 9.57. The van der Waals surface area contributed by atoms with Crippen molar-refractivity contribution in [3.05, 3.63) is 59.7 Å². The maximum atomic E-state index is 12.7. The van der Waals surface area contributed by atoms with E-state index in [-0.39, 0.29) is 23.9 Å². The smallest absolute Gasteiger partial charge is 0.289 e. The summed E-state index contributed by atoms with van der Waals surface area (Å²) in [5.41, 5.74) is 2.04. The zero-order chi connectivity index (χ0) is 19.1. The Morgan fingerprint density at radius 3 is 2.89 bits per heavy atom. The Kier molecular flexibility index (Phi) is 4.29. The Hall–Kier alpha value is -2.84. The molecule has 1 amide bonds. The lowest BCUT2D eigenvalue weighted by Gasteiger charge is -2.35. The molecule has 0 saturated carbocycles. The molecule has 28 heavy (non-hydrogen) atoms. The molecule has 3 atom stereocenters. The van der Waals surface area contributed by atoms with Crippen molar-refractivity contribution in [2.75, 3.05) is 19.7 Å². The molecule has 2 fully saturated rings. The number of fused-ring (bicyclic) bond motifs is 2. The van der Waals surface area contributed by atoms with Crippen LogP contribution in [0.15, 0.2) is 42.6 Å². The fourth-order valence-electron chi connectivity index (χ4n) is 4.13. The second kappa shape index (κ2) is 6.96. The van der Waals surface area contributed by atoms with Gasteiger partial charge in [-0.05, 0) is 25.0 Å².